The number of hydrogen-bond acceptors (Lipinski definition) is 1. The third kappa shape index (κ3) is 2.80. The normalized spacial score (nSPS) is 11.5. The minimum absolute atomic E-state index is 0.0989. The number of rotatable bonds is 2. The fourth-order valence-electron chi connectivity index (χ4n) is 0.849. The molecule has 0 aliphatic rings. The van der Waals surface area contributed by atoms with Gasteiger partial charge < -0.3 is 0 Å². The van der Waals surface area contributed by atoms with Gasteiger partial charge in [-0.3, -0.25) is 4.79 Å². The van der Waals surface area contributed by atoms with Crippen LogP contribution in [0.3, 0.4) is 0 Å². The summed E-state index contributed by atoms with van der Waals surface area (Å²) in [5.41, 5.74) is -0.317. The zero-order chi connectivity index (χ0) is 10.9. The average molecular weight is 259 g/mol. The maximum atomic E-state index is 12.4. The van der Waals surface area contributed by atoms with Gasteiger partial charge in [0.1, 0.15) is 0 Å². The zero-order valence-electron chi connectivity index (χ0n) is 6.53. The quantitative estimate of drug-likeness (QED) is 0.579. The maximum Gasteiger partial charge on any atom is 0.384 e. The minimum Gasteiger partial charge on any atom is -0.286 e. The summed E-state index contributed by atoms with van der Waals surface area (Å²) in [6, 6.07) is 3.48. The zero-order valence-corrected chi connectivity index (χ0v) is 8.80. The number of benzene rings is 1. The van der Waals surface area contributed by atoms with Crippen LogP contribution in [0.5, 0.6) is 0 Å². The molecule has 1 nitrogen and oxygen atoms in total. The molecule has 76 valence electrons. The van der Waals surface area contributed by atoms with Crippen LogP contribution in [0.2, 0.25) is 10.0 Å². The predicted octanol–water partition coefficient (Wildman–Crippen LogP) is 4.01. The molecule has 0 saturated heterocycles. The Labute approximate surface area is 93.6 Å². The van der Waals surface area contributed by atoms with Crippen molar-refractivity contribution < 1.29 is 13.6 Å². The van der Waals surface area contributed by atoms with Crippen LogP contribution >= 0.6 is 34.8 Å². The van der Waals surface area contributed by atoms with E-state index >= 15 is 0 Å². The molecule has 0 spiro atoms. The second-order valence-electron chi connectivity index (χ2n) is 2.49. The van der Waals surface area contributed by atoms with Crippen LogP contribution in [0.1, 0.15) is 10.4 Å². The van der Waals surface area contributed by atoms with Crippen molar-refractivity contribution in [3.8, 4) is 0 Å². The van der Waals surface area contributed by atoms with Crippen LogP contribution in [0.25, 0.3) is 0 Å². The largest absolute Gasteiger partial charge is 0.384 e. The van der Waals surface area contributed by atoms with Gasteiger partial charge in [0.25, 0.3) is 0 Å². The molecule has 6 heteroatoms. The molecule has 0 aromatic heterocycles. The summed E-state index contributed by atoms with van der Waals surface area (Å²) >= 11 is 15.6. The fourth-order valence-corrected chi connectivity index (χ4v) is 1.48. The Hall–Kier alpha value is -0.380. The fraction of sp³-hybridized carbons (Fsp3) is 0.125. The summed E-state index contributed by atoms with van der Waals surface area (Å²) in [6.07, 6.45) is 0. The number of alkyl halides is 3. The molecular formula is C8H3Cl3F2O. The molecule has 1 rings (SSSR count). The number of hydrogen-bond donors (Lipinski definition) is 0. The summed E-state index contributed by atoms with van der Waals surface area (Å²) in [5, 5.41) is -3.74. The Kier molecular flexibility index (Phi) is 3.35. The standard InChI is InChI=1S/C8H3Cl3F2O/c9-5-1-4(2-6(10)3-5)7(14)8(11,12)13/h1-3H. The molecule has 14 heavy (non-hydrogen) atoms. The summed E-state index contributed by atoms with van der Waals surface area (Å²) < 4.78 is 24.8. The molecule has 0 N–H and O–H groups in total. The predicted molar refractivity (Wildman–Crippen MR) is 51.6 cm³/mol. The second-order valence-corrected chi connectivity index (χ2v) is 3.83. The van der Waals surface area contributed by atoms with Crippen LogP contribution in [0.15, 0.2) is 18.2 Å². The van der Waals surface area contributed by atoms with Crippen molar-refractivity contribution in [2.75, 3.05) is 0 Å². The molecule has 0 radical (unpaired) electrons. The molecule has 0 bridgehead atoms. The monoisotopic (exact) mass is 258 g/mol. The molecule has 0 aliphatic carbocycles. The van der Waals surface area contributed by atoms with E-state index in [4.69, 9.17) is 23.2 Å². The first-order valence-corrected chi connectivity index (χ1v) is 4.51. The van der Waals surface area contributed by atoms with Crippen molar-refractivity contribution in [1.29, 1.82) is 0 Å². The van der Waals surface area contributed by atoms with E-state index in [0.29, 0.717) is 0 Å². The van der Waals surface area contributed by atoms with E-state index < -0.39 is 11.2 Å². The van der Waals surface area contributed by atoms with Crippen LogP contribution < -0.4 is 0 Å². The number of halogens is 5. The van der Waals surface area contributed by atoms with Gasteiger partial charge in [-0.1, -0.05) is 23.2 Å². The number of Topliss-reactive ketones (excluding diaryl/α,β-unsaturated/α-hetero) is 1. The molecule has 1 aromatic rings. The molecule has 0 atom stereocenters. The lowest BCUT2D eigenvalue weighted by Crippen LogP contribution is -2.21. The van der Waals surface area contributed by atoms with Gasteiger partial charge in [0.15, 0.2) is 0 Å². The third-order valence-corrected chi connectivity index (χ3v) is 1.99. The van der Waals surface area contributed by atoms with Crippen LogP contribution in [-0.4, -0.2) is 11.2 Å². The number of carbonyl (C=O) groups is 1. The lowest BCUT2D eigenvalue weighted by molar-refractivity contribution is 0.0536. The minimum atomic E-state index is -3.94. The van der Waals surface area contributed by atoms with Crippen molar-refractivity contribution in [3.05, 3.63) is 33.8 Å². The van der Waals surface area contributed by atoms with Crippen LogP contribution in [-0.2, 0) is 0 Å². The van der Waals surface area contributed by atoms with Gasteiger partial charge in [0, 0.05) is 15.6 Å². The second kappa shape index (κ2) is 4.01. The molecule has 1 aromatic carbocycles. The highest BCUT2D eigenvalue weighted by atomic mass is 35.5. The number of ketones is 1. The van der Waals surface area contributed by atoms with Crippen molar-refractivity contribution in [2.24, 2.45) is 0 Å². The van der Waals surface area contributed by atoms with Gasteiger partial charge in [0.2, 0.25) is 5.78 Å². The van der Waals surface area contributed by atoms with Crippen LogP contribution in [0, 0.1) is 0 Å². The number of carbonyl (C=O) groups excluding carboxylic acids is 1. The lowest BCUT2D eigenvalue weighted by Gasteiger charge is -2.06. The molecular weight excluding hydrogens is 256 g/mol. The van der Waals surface area contributed by atoms with Gasteiger partial charge in [-0.2, -0.15) is 8.78 Å². The highest BCUT2D eigenvalue weighted by Gasteiger charge is 2.36. The Morgan fingerprint density at radius 2 is 1.57 bits per heavy atom. The van der Waals surface area contributed by atoms with Gasteiger partial charge in [-0.05, 0) is 29.8 Å². The highest BCUT2D eigenvalue weighted by molar-refractivity contribution is 6.38. The average Bonchev–Trinajstić information content (AvgIpc) is 1.99. The van der Waals surface area contributed by atoms with Gasteiger partial charge in [-0.25, -0.2) is 0 Å². The first-order chi connectivity index (χ1) is 6.30. The topological polar surface area (TPSA) is 17.1 Å². The summed E-state index contributed by atoms with van der Waals surface area (Å²) in [6.45, 7) is 0. The summed E-state index contributed by atoms with van der Waals surface area (Å²) in [4.78, 5) is 11.0. The summed E-state index contributed by atoms with van der Waals surface area (Å²) in [5.74, 6) is -1.52. The summed E-state index contributed by atoms with van der Waals surface area (Å²) in [7, 11) is 0. The van der Waals surface area contributed by atoms with Crippen molar-refractivity contribution in [2.45, 2.75) is 5.38 Å². The van der Waals surface area contributed by atoms with E-state index in [0.717, 1.165) is 12.1 Å². The van der Waals surface area contributed by atoms with E-state index in [2.05, 4.69) is 11.6 Å². The Balaban J connectivity index is 3.14. The first-order valence-electron chi connectivity index (χ1n) is 3.38. The molecule has 0 fully saturated rings. The van der Waals surface area contributed by atoms with Gasteiger partial charge in [-0.15, -0.1) is 0 Å². The molecule has 0 saturated carbocycles. The van der Waals surface area contributed by atoms with E-state index in [1.165, 1.54) is 6.07 Å². The van der Waals surface area contributed by atoms with E-state index in [1.807, 2.05) is 0 Å². The molecule has 0 amide bonds. The smallest absolute Gasteiger partial charge is 0.286 e. The molecule has 0 unspecified atom stereocenters. The van der Waals surface area contributed by atoms with Crippen molar-refractivity contribution in [3.63, 3.8) is 0 Å². The molecule has 0 heterocycles. The van der Waals surface area contributed by atoms with Crippen molar-refractivity contribution >= 4 is 40.6 Å². The van der Waals surface area contributed by atoms with E-state index in [-0.39, 0.29) is 15.6 Å². The third-order valence-electron chi connectivity index (χ3n) is 1.38. The Bertz CT molecular complexity index is 353. The Morgan fingerprint density at radius 1 is 1.14 bits per heavy atom. The van der Waals surface area contributed by atoms with Gasteiger partial charge >= 0.3 is 5.38 Å². The van der Waals surface area contributed by atoms with E-state index in [1.54, 1.807) is 0 Å². The first kappa shape index (κ1) is 11.7. The SMILES string of the molecule is O=C(c1cc(Cl)cc(Cl)c1)C(F)(F)Cl. The maximum absolute atomic E-state index is 12.4. The van der Waals surface area contributed by atoms with Gasteiger partial charge in [0.05, 0.1) is 0 Å². The lowest BCUT2D eigenvalue weighted by atomic mass is 10.1. The van der Waals surface area contributed by atoms with Crippen LogP contribution in [0.4, 0.5) is 8.78 Å². The Morgan fingerprint density at radius 3 is 1.93 bits per heavy atom. The van der Waals surface area contributed by atoms with E-state index in [9.17, 15) is 13.6 Å². The highest BCUT2D eigenvalue weighted by Crippen LogP contribution is 2.27. The van der Waals surface area contributed by atoms with Crippen molar-refractivity contribution in [1.82, 2.24) is 0 Å². The molecule has 0 aliphatic heterocycles.